The molecule has 2 N–H and O–H groups in total. The molecule has 82 valence electrons. The van der Waals surface area contributed by atoms with Crippen LogP contribution in [0.4, 0.5) is 0 Å². The van der Waals surface area contributed by atoms with Crippen molar-refractivity contribution < 1.29 is 0 Å². The first-order chi connectivity index (χ1) is 7.75. The van der Waals surface area contributed by atoms with Gasteiger partial charge >= 0.3 is 0 Å². The van der Waals surface area contributed by atoms with Crippen LogP contribution in [0.25, 0.3) is 0 Å². The lowest BCUT2D eigenvalue weighted by molar-refractivity contribution is 0.612. The average Bonchev–Trinajstić information content (AvgIpc) is 2.84. The molecule has 0 spiro atoms. The van der Waals surface area contributed by atoms with E-state index in [0.29, 0.717) is 11.8 Å². The smallest absolute Gasteiger partial charge is 0.174 e. The zero-order valence-corrected chi connectivity index (χ0v) is 9.97. The maximum Gasteiger partial charge on any atom is 0.174 e. The number of hydrogen-bond acceptors (Lipinski definition) is 1. The van der Waals surface area contributed by atoms with Crippen LogP contribution in [0, 0.1) is 4.77 Å². The Balaban J connectivity index is 2.01. The molecule has 0 fully saturated rings. The number of nitrogens with one attached hydrogen (secondary N) is 2. The van der Waals surface area contributed by atoms with Gasteiger partial charge in [-0.15, -0.1) is 0 Å². The van der Waals surface area contributed by atoms with Crippen molar-refractivity contribution in [3.63, 3.8) is 0 Å². The highest BCUT2D eigenvalue weighted by molar-refractivity contribution is 7.71. The summed E-state index contributed by atoms with van der Waals surface area (Å²) in [6.45, 7) is 2.29. The lowest BCUT2D eigenvalue weighted by atomic mass is 9.92. The summed E-state index contributed by atoms with van der Waals surface area (Å²) in [6, 6.07) is 8.71. The summed E-state index contributed by atoms with van der Waals surface area (Å²) in [5, 5.41) is 0. The Morgan fingerprint density at radius 2 is 2.12 bits per heavy atom. The molecule has 16 heavy (non-hydrogen) atoms. The largest absolute Gasteiger partial charge is 0.337 e. The molecule has 2 aromatic rings. The van der Waals surface area contributed by atoms with E-state index < -0.39 is 0 Å². The summed E-state index contributed by atoms with van der Waals surface area (Å²) in [4.78, 5) is 6.29. The Bertz CT molecular complexity index is 567. The summed E-state index contributed by atoms with van der Waals surface area (Å²) in [5.74, 6) is 1.10. The molecule has 1 heterocycles. The molecule has 0 radical (unpaired) electrons. The van der Waals surface area contributed by atoms with Gasteiger partial charge in [0.1, 0.15) is 0 Å². The quantitative estimate of drug-likeness (QED) is 0.722. The molecule has 2 nitrogen and oxygen atoms in total. The van der Waals surface area contributed by atoms with E-state index in [-0.39, 0.29) is 0 Å². The van der Waals surface area contributed by atoms with Crippen molar-refractivity contribution in [3.8, 4) is 0 Å². The summed E-state index contributed by atoms with van der Waals surface area (Å²) >= 11 is 5.08. The van der Waals surface area contributed by atoms with Crippen molar-refractivity contribution in [2.24, 2.45) is 0 Å². The number of aromatic amines is 2. The molecule has 1 aliphatic rings. The maximum absolute atomic E-state index is 5.08. The highest BCUT2D eigenvalue weighted by Crippen LogP contribution is 2.42. The Labute approximate surface area is 99.7 Å². The predicted molar refractivity (Wildman–Crippen MR) is 67.3 cm³/mol. The number of hydrogen-bond donors (Lipinski definition) is 2. The van der Waals surface area contributed by atoms with E-state index in [1.54, 1.807) is 0 Å². The Morgan fingerprint density at radius 3 is 2.81 bits per heavy atom. The van der Waals surface area contributed by atoms with Gasteiger partial charge in [-0.2, -0.15) is 0 Å². The normalized spacial score (nSPS) is 23.3. The lowest BCUT2D eigenvalue weighted by Crippen LogP contribution is -2.02. The van der Waals surface area contributed by atoms with E-state index in [2.05, 4.69) is 41.2 Å². The third-order valence-electron chi connectivity index (χ3n) is 3.61. The zero-order valence-electron chi connectivity index (χ0n) is 9.16. The number of rotatable bonds is 1. The van der Waals surface area contributed by atoms with E-state index in [1.165, 1.54) is 16.8 Å². The topological polar surface area (TPSA) is 31.6 Å². The van der Waals surface area contributed by atoms with Gasteiger partial charge in [0, 0.05) is 17.8 Å². The molecule has 2 unspecified atom stereocenters. The van der Waals surface area contributed by atoms with Gasteiger partial charge in [0.25, 0.3) is 0 Å². The van der Waals surface area contributed by atoms with Crippen LogP contribution in [0.3, 0.4) is 0 Å². The summed E-state index contributed by atoms with van der Waals surface area (Å²) in [7, 11) is 0. The molecule has 0 amide bonds. The minimum atomic E-state index is 0.533. The Kier molecular flexibility index (Phi) is 2.21. The van der Waals surface area contributed by atoms with Crippen LogP contribution in [0.5, 0.6) is 0 Å². The Hall–Kier alpha value is -1.35. The van der Waals surface area contributed by atoms with Crippen LogP contribution in [0.1, 0.15) is 35.6 Å². The van der Waals surface area contributed by atoms with Crippen LogP contribution in [0.2, 0.25) is 0 Å². The van der Waals surface area contributed by atoms with Crippen LogP contribution in [-0.2, 0) is 6.42 Å². The van der Waals surface area contributed by atoms with Gasteiger partial charge in [-0.3, -0.25) is 0 Å². The third-order valence-corrected chi connectivity index (χ3v) is 3.83. The summed E-state index contributed by atoms with van der Waals surface area (Å²) < 4.78 is 0.721. The molecule has 3 rings (SSSR count). The first-order valence-corrected chi connectivity index (χ1v) is 6.02. The fraction of sp³-hybridized carbons (Fsp3) is 0.308. The van der Waals surface area contributed by atoms with E-state index in [0.717, 1.165) is 11.2 Å². The van der Waals surface area contributed by atoms with Crippen molar-refractivity contribution in [2.45, 2.75) is 25.2 Å². The summed E-state index contributed by atoms with van der Waals surface area (Å²) in [6.07, 6.45) is 3.12. The monoisotopic (exact) mass is 230 g/mol. The van der Waals surface area contributed by atoms with E-state index in [1.807, 2.05) is 6.20 Å². The van der Waals surface area contributed by atoms with E-state index in [4.69, 9.17) is 12.2 Å². The van der Waals surface area contributed by atoms with Crippen LogP contribution >= 0.6 is 12.2 Å². The van der Waals surface area contributed by atoms with Crippen molar-refractivity contribution in [1.29, 1.82) is 0 Å². The minimum Gasteiger partial charge on any atom is -0.337 e. The van der Waals surface area contributed by atoms with Gasteiger partial charge in [-0.1, -0.05) is 31.2 Å². The van der Waals surface area contributed by atoms with Gasteiger partial charge in [0.15, 0.2) is 4.77 Å². The second-order valence-electron chi connectivity index (χ2n) is 4.50. The molecular weight excluding hydrogens is 216 g/mol. The molecule has 0 aliphatic heterocycles. The molecule has 0 saturated heterocycles. The number of aromatic nitrogens is 2. The van der Waals surface area contributed by atoms with Crippen LogP contribution < -0.4 is 0 Å². The van der Waals surface area contributed by atoms with Crippen LogP contribution in [0.15, 0.2) is 30.5 Å². The first-order valence-electron chi connectivity index (χ1n) is 5.61. The number of H-pyrrole nitrogens is 2. The average molecular weight is 230 g/mol. The number of imidazole rings is 1. The highest BCUT2D eigenvalue weighted by Gasteiger charge is 2.30. The molecule has 1 aromatic carbocycles. The zero-order chi connectivity index (χ0) is 11.1. The van der Waals surface area contributed by atoms with Crippen molar-refractivity contribution in [2.75, 3.05) is 0 Å². The second-order valence-corrected chi connectivity index (χ2v) is 4.90. The predicted octanol–water partition coefficient (Wildman–Crippen LogP) is 3.52. The van der Waals surface area contributed by atoms with Crippen molar-refractivity contribution >= 4 is 12.2 Å². The van der Waals surface area contributed by atoms with Crippen molar-refractivity contribution in [3.05, 3.63) is 52.1 Å². The van der Waals surface area contributed by atoms with Gasteiger partial charge in [0.05, 0.1) is 0 Å². The summed E-state index contributed by atoms with van der Waals surface area (Å²) in [5.41, 5.74) is 4.18. The maximum atomic E-state index is 5.08. The minimum absolute atomic E-state index is 0.533. The lowest BCUT2D eigenvalue weighted by Gasteiger charge is -2.13. The van der Waals surface area contributed by atoms with Crippen LogP contribution in [-0.4, -0.2) is 9.97 Å². The standard InChI is InChI=1S/C13H14N2S/c1-8-10-5-3-2-4-9(10)6-11(8)12-7-14-13(16)15-12/h2-5,7-8,11H,6H2,1H3,(H2,14,15,16). The molecule has 0 saturated carbocycles. The van der Waals surface area contributed by atoms with E-state index >= 15 is 0 Å². The SMILES string of the molecule is CC1c2ccccc2CC1c1c[nH]c(=S)[nH]1. The van der Waals surface area contributed by atoms with Gasteiger partial charge in [-0.25, -0.2) is 0 Å². The second kappa shape index (κ2) is 3.59. The molecule has 1 aliphatic carbocycles. The highest BCUT2D eigenvalue weighted by atomic mass is 32.1. The first kappa shape index (κ1) is 9.85. The Morgan fingerprint density at radius 1 is 1.31 bits per heavy atom. The fourth-order valence-electron chi connectivity index (χ4n) is 2.72. The van der Waals surface area contributed by atoms with Gasteiger partial charge in [-0.05, 0) is 35.7 Å². The number of fused-ring (bicyclic) bond motifs is 1. The van der Waals surface area contributed by atoms with Crippen molar-refractivity contribution in [1.82, 2.24) is 9.97 Å². The number of benzene rings is 1. The molecular formula is C13H14N2S. The van der Waals surface area contributed by atoms with Gasteiger partial charge < -0.3 is 9.97 Å². The fourth-order valence-corrected chi connectivity index (χ4v) is 2.90. The van der Waals surface area contributed by atoms with E-state index in [9.17, 15) is 0 Å². The van der Waals surface area contributed by atoms with Gasteiger partial charge in [0.2, 0.25) is 0 Å². The third kappa shape index (κ3) is 1.43. The molecule has 3 heteroatoms. The molecule has 0 bridgehead atoms. The molecule has 2 atom stereocenters. The molecule has 1 aromatic heterocycles.